The molecule has 3 rings (SSSR count). The lowest BCUT2D eigenvalue weighted by molar-refractivity contribution is 0.0600. The van der Waals surface area contributed by atoms with Crippen molar-refractivity contribution in [2.75, 3.05) is 19.5 Å². The molecule has 0 aliphatic rings. The molecule has 0 aliphatic heterocycles. The van der Waals surface area contributed by atoms with Crippen molar-refractivity contribution in [1.82, 2.24) is 15.3 Å². The minimum atomic E-state index is -0.574. The average Bonchev–Trinajstić information content (AvgIpc) is 2.82. The number of para-hydroxylation sites is 1. The van der Waals surface area contributed by atoms with E-state index in [2.05, 4.69) is 20.6 Å². The molecular weight excluding hydrogens is 400 g/mol. The third kappa shape index (κ3) is 5.41. The van der Waals surface area contributed by atoms with Gasteiger partial charge in [0.1, 0.15) is 11.4 Å². The smallest absolute Gasteiger partial charge is 0.337 e. The minimum absolute atomic E-state index is 0.0950. The number of methoxy groups -OCH3 is 2. The number of ether oxygens (including phenoxy) is 2. The van der Waals surface area contributed by atoms with Gasteiger partial charge in [-0.2, -0.15) is 0 Å². The van der Waals surface area contributed by atoms with Gasteiger partial charge in [-0.1, -0.05) is 12.1 Å². The summed E-state index contributed by atoms with van der Waals surface area (Å²) < 4.78 is 10.0. The number of carbonyl (C=O) groups is 3. The molecule has 0 aliphatic carbocycles. The van der Waals surface area contributed by atoms with Gasteiger partial charge in [-0.05, 0) is 35.9 Å². The molecule has 0 saturated heterocycles. The molecule has 9 heteroatoms. The Kier molecular flexibility index (Phi) is 6.89. The molecule has 1 aromatic heterocycles. The maximum absolute atomic E-state index is 12.7. The monoisotopic (exact) mass is 420 g/mol. The number of hydrogen-bond donors (Lipinski definition) is 2. The van der Waals surface area contributed by atoms with Crippen molar-refractivity contribution in [2.45, 2.75) is 6.54 Å². The number of amides is 2. The molecule has 0 atom stereocenters. The highest BCUT2D eigenvalue weighted by molar-refractivity contribution is 6.06. The van der Waals surface area contributed by atoms with E-state index < -0.39 is 17.8 Å². The average molecular weight is 420 g/mol. The van der Waals surface area contributed by atoms with Gasteiger partial charge in [-0.15, -0.1) is 0 Å². The SMILES string of the molecule is COC(=O)c1cc(CNC(=O)c2cnccn2)cc(NC(=O)c2ccccc2OC)c1. The van der Waals surface area contributed by atoms with Crippen LogP contribution < -0.4 is 15.4 Å². The highest BCUT2D eigenvalue weighted by Crippen LogP contribution is 2.21. The standard InChI is InChI=1S/C22H20N4O5/c1-30-19-6-4-3-5-17(19)20(27)26-16-10-14(9-15(11-16)22(29)31-2)12-25-21(28)18-13-23-7-8-24-18/h3-11,13H,12H2,1-2H3,(H,25,28)(H,26,27). The summed E-state index contributed by atoms with van der Waals surface area (Å²) in [5, 5.41) is 5.45. The first-order valence-corrected chi connectivity index (χ1v) is 9.22. The normalized spacial score (nSPS) is 10.1. The zero-order chi connectivity index (χ0) is 22.2. The fourth-order valence-electron chi connectivity index (χ4n) is 2.82. The number of carbonyl (C=O) groups excluding carboxylic acids is 3. The Morgan fingerprint density at radius 3 is 2.52 bits per heavy atom. The molecule has 3 aromatic rings. The Hall–Kier alpha value is -4.27. The van der Waals surface area contributed by atoms with Gasteiger partial charge >= 0.3 is 5.97 Å². The van der Waals surface area contributed by atoms with E-state index in [1.807, 2.05) is 0 Å². The first-order chi connectivity index (χ1) is 15.0. The molecule has 0 spiro atoms. The highest BCUT2D eigenvalue weighted by Gasteiger charge is 2.15. The van der Waals surface area contributed by atoms with E-state index in [1.54, 1.807) is 36.4 Å². The van der Waals surface area contributed by atoms with Gasteiger partial charge in [0, 0.05) is 24.6 Å². The number of anilines is 1. The van der Waals surface area contributed by atoms with Crippen molar-refractivity contribution in [3.8, 4) is 5.75 Å². The summed E-state index contributed by atoms with van der Waals surface area (Å²) in [5.41, 5.74) is 1.67. The van der Waals surface area contributed by atoms with Gasteiger partial charge in [0.2, 0.25) is 0 Å². The summed E-state index contributed by atoms with van der Waals surface area (Å²) in [5.74, 6) is -0.985. The molecule has 0 bridgehead atoms. The van der Waals surface area contributed by atoms with Gasteiger partial charge < -0.3 is 20.1 Å². The van der Waals surface area contributed by atoms with E-state index in [0.717, 1.165) is 0 Å². The number of nitrogens with one attached hydrogen (secondary N) is 2. The zero-order valence-electron chi connectivity index (χ0n) is 16.9. The molecule has 31 heavy (non-hydrogen) atoms. The molecule has 2 aromatic carbocycles. The van der Waals surface area contributed by atoms with Crippen LogP contribution in [0.15, 0.2) is 61.1 Å². The summed E-state index contributed by atoms with van der Waals surface area (Å²) in [4.78, 5) is 44.8. The maximum Gasteiger partial charge on any atom is 0.337 e. The predicted octanol–water partition coefficient (Wildman–Crippen LogP) is 2.45. The second-order valence-corrected chi connectivity index (χ2v) is 6.34. The van der Waals surface area contributed by atoms with E-state index in [0.29, 0.717) is 22.6 Å². The lowest BCUT2D eigenvalue weighted by atomic mass is 10.1. The molecular formula is C22H20N4O5. The number of nitrogens with zero attached hydrogens (tertiary/aromatic N) is 2. The molecule has 0 saturated carbocycles. The fourth-order valence-corrected chi connectivity index (χ4v) is 2.82. The third-order valence-electron chi connectivity index (χ3n) is 4.27. The summed E-state index contributed by atoms with van der Waals surface area (Å²) in [7, 11) is 2.74. The first kappa shape index (κ1) is 21.4. The molecule has 2 N–H and O–H groups in total. The van der Waals surface area contributed by atoms with Gasteiger partial charge in [-0.3, -0.25) is 14.6 Å². The van der Waals surface area contributed by atoms with Gasteiger partial charge in [0.15, 0.2) is 0 Å². The van der Waals surface area contributed by atoms with Crippen LogP contribution in [-0.4, -0.2) is 42.0 Å². The van der Waals surface area contributed by atoms with Crippen LogP contribution in [0.5, 0.6) is 5.75 Å². The molecule has 2 amide bonds. The Balaban J connectivity index is 1.82. The number of benzene rings is 2. The van der Waals surface area contributed by atoms with Crippen molar-refractivity contribution in [3.05, 3.63) is 83.4 Å². The zero-order valence-corrected chi connectivity index (χ0v) is 16.9. The largest absolute Gasteiger partial charge is 0.496 e. The van der Waals surface area contributed by atoms with Crippen LogP contribution in [0.2, 0.25) is 0 Å². The quantitative estimate of drug-likeness (QED) is 0.564. The molecule has 9 nitrogen and oxygen atoms in total. The van der Waals surface area contributed by atoms with Crippen LogP contribution in [0, 0.1) is 0 Å². The van der Waals surface area contributed by atoms with Gasteiger partial charge in [0.25, 0.3) is 11.8 Å². The summed E-state index contributed by atoms with van der Waals surface area (Å²) in [6, 6.07) is 11.5. The van der Waals surface area contributed by atoms with Crippen molar-refractivity contribution in [3.63, 3.8) is 0 Å². The molecule has 1 heterocycles. The van der Waals surface area contributed by atoms with E-state index in [1.165, 1.54) is 38.9 Å². The van der Waals surface area contributed by atoms with E-state index >= 15 is 0 Å². The van der Waals surface area contributed by atoms with Crippen LogP contribution in [-0.2, 0) is 11.3 Å². The van der Waals surface area contributed by atoms with E-state index in [-0.39, 0.29) is 17.8 Å². The highest BCUT2D eigenvalue weighted by atomic mass is 16.5. The second-order valence-electron chi connectivity index (χ2n) is 6.34. The van der Waals surface area contributed by atoms with Crippen LogP contribution in [0.3, 0.4) is 0 Å². The topological polar surface area (TPSA) is 120 Å². The summed E-state index contributed by atoms with van der Waals surface area (Å²) >= 11 is 0. The fraction of sp³-hybridized carbons (Fsp3) is 0.136. The maximum atomic E-state index is 12.7. The second kappa shape index (κ2) is 9.97. The van der Waals surface area contributed by atoms with Crippen LogP contribution in [0.4, 0.5) is 5.69 Å². The third-order valence-corrected chi connectivity index (χ3v) is 4.27. The van der Waals surface area contributed by atoms with Gasteiger partial charge in [0.05, 0.1) is 31.5 Å². The lowest BCUT2D eigenvalue weighted by Crippen LogP contribution is -2.24. The number of esters is 1. The first-order valence-electron chi connectivity index (χ1n) is 9.22. The Labute approximate surface area is 178 Å². The Morgan fingerprint density at radius 1 is 1.00 bits per heavy atom. The number of aromatic nitrogens is 2. The van der Waals surface area contributed by atoms with Crippen molar-refractivity contribution in [2.24, 2.45) is 0 Å². The lowest BCUT2D eigenvalue weighted by Gasteiger charge is -2.12. The van der Waals surface area contributed by atoms with Crippen LogP contribution in [0.25, 0.3) is 0 Å². The van der Waals surface area contributed by atoms with E-state index in [4.69, 9.17) is 9.47 Å². The Morgan fingerprint density at radius 2 is 1.81 bits per heavy atom. The summed E-state index contributed by atoms with van der Waals surface area (Å²) in [6.07, 6.45) is 4.23. The van der Waals surface area contributed by atoms with Crippen LogP contribution in [0.1, 0.15) is 36.8 Å². The molecule has 0 fully saturated rings. The van der Waals surface area contributed by atoms with Crippen molar-refractivity contribution in [1.29, 1.82) is 0 Å². The van der Waals surface area contributed by atoms with Crippen molar-refractivity contribution >= 4 is 23.5 Å². The number of rotatable bonds is 7. The summed E-state index contributed by atoms with van der Waals surface area (Å²) in [6.45, 7) is 0.0950. The van der Waals surface area contributed by atoms with E-state index in [9.17, 15) is 14.4 Å². The molecule has 0 radical (unpaired) electrons. The molecule has 158 valence electrons. The minimum Gasteiger partial charge on any atom is -0.496 e. The van der Waals surface area contributed by atoms with Crippen molar-refractivity contribution < 1.29 is 23.9 Å². The Bertz CT molecular complexity index is 1100. The predicted molar refractivity (Wildman–Crippen MR) is 112 cm³/mol. The molecule has 0 unspecified atom stereocenters. The number of hydrogen-bond acceptors (Lipinski definition) is 7. The van der Waals surface area contributed by atoms with Crippen LogP contribution >= 0.6 is 0 Å². The van der Waals surface area contributed by atoms with Gasteiger partial charge in [-0.25, -0.2) is 9.78 Å².